The first-order valence-electron chi connectivity index (χ1n) is 8.60. The van der Waals surface area contributed by atoms with Crippen LogP contribution in [0.1, 0.15) is 36.8 Å². The zero-order valence-corrected chi connectivity index (χ0v) is 14.7. The molecule has 2 rings (SSSR count). The summed E-state index contributed by atoms with van der Waals surface area (Å²) in [5.74, 6) is 0.624. The molecular weight excluding hydrogens is 288 g/mol. The zero-order chi connectivity index (χ0) is 16.8. The van der Waals surface area contributed by atoms with Crippen LogP contribution in [0.4, 0.5) is 0 Å². The molecule has 4 nitrogen and oxygen atoms in total. The van der Waals surface area contributed by atoms with E-state index in [0.29, 0.717) is 31.7 Å². The summed E-state index contributed by atoms with van der Waals surface area (Å²) in [7, 11) is 3.93. The SMILES string of the molecule is Cc1ccccc1CN(C)C(=O)CN(C)C1CCC(CO)CC1. The Kier molecular flexibility index (Phi) is 6.60. The number of aliphatic hydroxyl groups excluding tert-OH is 1. The number of hydrogen-bond donors (Lipinski definition) is 1. The number of hydrogen-bond acceptors (Lipinski definition) is 3. The fourth-order valence-electron chi connectivity index (χ4n) is 3.36. The predicted molar refractivity (Wildman–Crippen MR) is 93.1 cm³/mol. The number of nitrogens with zero attached hydrogens (tertiary/aromatic N) is 2. The molecule has 1 aromatic carbocycles. The van der Waals surface area contributed by atoms with Crippen LogP contribution in [0.2, 0.25) is 0 Å². The zero-order valence-electron chi connectivity index (χ0n) is 14.7. The fourth-order valence-corrected chi connectivity index (χ4v) is 3.36. The summed E-state index contributed by atoms with van der Waals surface area (Å²) in [6.45, 7) is 3.52. The molecule has 1 amide bonds. The predicted octanol–water partition coefficient (Wildman–Crippen LogP) is 2.44. The van der Waals surface area contributed by atoms with Gasteiger partial charge in [-0.2, -0.15) is 0 Å². The van der Waals surface area contributed by atoms with Crippen LogP contribution in [0, 0.1) is 12.8 Å². The second-order valence-corrected chi connectivity index (χ2v) is 6.95. The molecule has 1 aliphatic rings. The van der Waals surface area contributed by atoms with Gasteiger partial charge in [0.15, 0.2) is 0 Å². The fraction of sp³-hybridized carbons (Fsp3) is 0.632. The van der Waals surface area contributed by atoms with Crippen LogP contribution in [-0.2, 0) is 11.3 Å². The average Bonchev–Trinajstić information content (AvgIpc) is 2.56. The Morgan fingerprint density at radius 1 is 1.17 bits per heavy atom. The molecule has 1 fully saturated rings. The van der Waals surface area contributed by atoms with Crippen molar-refractivity contribution < 1.29 is 9.90 Å². The van der Waals surface area contributed by atoms with Crippen LogP contribution in [0.5, 0.6) is 0 Å². The minimum atomic E-state index is 0.167. The molecule has 0 radical (unpaired) electrons. The van der Waals surface area contributed by atoms with Crippen LogP contribution >= 0.6 is 0 Å². The first-order valence-corrected chi connectivity index (χ1v) is 8.60. The van der Waals surface area contributed by atoms with Gasteiger partial charge in [0.1, 0.15) is 0 Å². The lowest BCUT2D eigenvalue weighted by Crippen LogP contribution is -2.42. The van der Waals surface area contributed by atoms with E-state index in [2.05, 4.69) is 24.0 Å². The highest BCUT2D eigenvalue weighted by Gasteiger charge is 2.25. The lowest BCUT2D eigenvalue weighted by Gasteiger charge is -2.34. The van der Waals surface area contributed by atoms with Crippen molar-refractivity contribution in [3.05, 3.63) is 35.4 Å². The van der Waals surface area contributed by atoms with Gasteiger partial charge in [-0.25, -0.2) is 0 Å². The van der Waals surface area contributed by atoms with Crippen molar-refractivity contribution in [2.24, 2.45) is 5.92 Å². The van der Waals surface area contributed by atoms with Gasteiger partial charge in [0.25, 0.3) is 0 Å². The molecule has 0 heterocycles. The molecule has 0 aromatic heterocycles. The van der Waals surface area contributed by atoms with Crippen molar-refractivity contribution in [1.82, 2.24) is 9.80 Å². The monoisotopic (exact) mass is 318 g/mol. The molecule has 0 unspecified atom stereocenters. The Hall–Kier alpha value is -1.39. The van der Waals surface area contributed by atoms with Gasteiger partial charge in [-0.15, -0.1) is 0 Å². The van der Waals surface area contributed by atoms with Gasteiger partial charge in [0.2, 0.25) is 5.91 Å². The molecular formula is C19H30N2O2. The van der Waals surface area contributed by atoms with E-state index < -0.39 is 0 Å². The molecule has 23 heavy (non-hydrogen) atoms. The number of likely N-dealkylation sites (N-methyl/N-ethyl adjacent to an activating group) is 2. The van der Waals surface area contributed by atoms with Gasteiger partial charge in [-0.3, -0.25) is 9.69 Å². The molecule has 0 spiro atoms. The van der Waals surface area contributed by atoms with Crippen LogP contribution < -0.4 is 0 Å². The van der Waals surface area contributed by atoms with Crippen LogP contribution in [0.15, 0.2) is 24.3 Å². The van der Waals surface area contributed by atoms with E-state index in [1.165, 1.54) is 11.1 Å². The molecule has 1 saturated carbocycles. The van der Waals surface area contributed by atoms with Gasteiger partial charge < -0.3 is 10.0 Å². The van der Waals surface area contributed by atoms with E-state index in [4.69, 9.17) is 0 Å². The molecule has 128 valence electrons. The van der Waals surface area contributed by atoms with Gasteiger partial charge in [0, 0.05) is 26.2 Å². The van der Waals surface area contributed by atoms with E-state index in [-0.39, 0.29) is 5.91 Å². The van der Waals surface area contributed by atoms with Crippen molar-refractivity contribution in [3.8, 4) is 0 Å². The number of amides is 1. The first-order chi connectivity index (χ1) is 11.0. The van der Waals surface area contributed by atoms with E-state index >= 15 is 0 Å². The van der Waals surface area contributed by atoms with E-state index in [1.54, 1.807) is 0 Å². The molecule has 0 atom stereocenters. The minimum absolute atomic E-state index is 0.167. The Morgan fingerprint density at radius 3 is 2.43 bits per heavy atom. The number of benzene rings is 1. The van der Waals surface area contributed by atoms with E-state index in [9.17, 15) is 9.90 Å². The first kappa shape index (κ1) is 18.0. The van der Waals surface area contributed by atoms with Gasteiger partial charge in [-0.1, -0.05) is 24.3 Å². The Labute approximate surface area is 140 Å². The molecule has 1 aliphatic carbocycles. The third kappa shape index (κ3) is 5.05. The van der Waals surface area contributed by atoms with Gasteiger partial charge in [-0.05, 0) is 56.7 Å². The van der Waals surface area contributed by atoms with Crippen molar-refractivity contribution >= 4 is 5.91 Å². The summed E-state index contributed by atoms with van der Waals surface area (Å²) in [5, 5.41) is 9.22. The summed E-state index contributed by atoms with van der Waals surface area (Å²) < 4.78 is 0. The highest BCUT2D eigenvalue weighted by atomic mass is 16.3. The molecule has 1 aromatic rings. The maximum absolute atomic E-state index is 12.5. The number of rotatable bonds is 6. The topological polar surface area (TPSA) is 43.8 Å². The van der Waals surface area contributed by atoms with Crippen LogP contribution in [0.25, 0.3) is 0 Å². The Balaban J connectivity index is 1.82. The van der Waals surface area contributed by atoms with Crippen molar-refractivity contribution in [2.45, 2.75) is 45.2 Å². The maximum Gasteiger partial charge on any atom is 0.236 e. The highest BCUT2D eigenvalue weighted by molar-refractivity contribution is 5.78. The summed E-state index contributed by atoms with van der Waals surface area (Å²) in [5.41, 5.74) is 2.43. The van der Waals surface area contributed by atoms with Crippen LogP contribution in [0.3, 0.4) is 0 Å². The maximum atomic E-state index is 12.5. The van der Waals surface area contributed by atoms with E-state index in [0.717, 1.165) is 25.7 Å². The quantitative estimate of drug-likeness (QED) is 0.876. The number of carbonyl (C=O) groups is 1. The second kappa shape index (κ2) is 8.46. The standard InChI is InChI=1S/C19H30N2O2/c1-15-6-4-5-7-17(15)12-21(3)19(23)13-20(2)18-10-8-16(14-22)9-11-18/h4-7,16,18,22H,8-14H2,1-3H3. The lowest BCUT2D eigenvalue weighted by molar-refractivity contribution is -0.132. The van der Waals surface area contributed by atoms with E-state index in [1.807, 2.05) is 31.1 Å². The minimum Gasteiger partial charge on any atom is -0.396 e. The smallest absolute Gasteiger partial charge is 0.236 e. The third-order valence-corrected chi connectivity index (χ3v) is 5.18. The highest BCUT2D eigenvalue weighted by Crippen LogP contribution is 2.26. The second-order valence-electron chi connectivity index (χ2n) is 6.95. The molecule has 0 aliphatic heterocycles. The summed E-state index contributed by atoms with van der Waals surface area (Å²) >= 11 is 0. The number of aryl methyl sites for hydroxylation is 1. The lowest BCUT2D eigenvalue weighted by atomic mass is 9.86. The van der Waals surface area contributed by atoms with Gasteiger partial charge >= 0.3 is 0 Å². The Bertz CT molecular complexity index is 510. The number of aliphatic hydroxyl groups is 1. The van der Waals surface area contributed by atoms with Crippen molar-refractivity contribution in [1.29, 1.82) is 0 Å². The molecule has 1 N–H and O–H groups in total. The molecule has 4 heteroatoms. The van der Waals surface area contributed by atoms with Crippen molar-refractivity contribution in [2.75, 3.05) is 27.2 Å². The summed E-state index contributed by atoms with van der Waals surface area (Å²) in [6.07, 6.45) is 4.30. The van der Waals surface area contributed by atoms with Gasteiger partial charge in [0.05, 0.1) is 6.54 Å². The summed E-state index contributed by atoms with van der Waals surface area (Å²) in [6, 6.07) is 8.68. The third-order valence-electron chi connectivity index (χ3n) is 5.18. The number of carbonyl (C=O) groups excluding carboxylic acids is 1. The molecule has 0 bridgehead atoms. The van der Waals surface area contributed by atoms with Crippen molar-refractivity contribution in [3.63, 3.8) is 0 Å². The largest absolute Gasteiger partial charge is 0.396 e. The average molecular weight is 318 g/mol. The normalized spacial score (nSPS) is 21.4. The van der Waals surface area contributed by atoms with Crippen LogP contribution in [-0.4, -0.2) is 54.1 Å². The Morgan fingerprint density at radius 2 is 1.83 bits per heavy atom. The molecule has 0 saturated heterocycles. The summed E-state index contributed by atoms with van der Waals surface area (Å²) in [4.78, 5) is 16.5.